The maximum absolute atomic E-state index is 12.7. The maximum Gasteiger partial charge on any atom is 2.00 e. The summed E-state index contributed by atoms with van der Waals surface area (Å²) in [7, 11) is 1.82. The first-order chi connectivity index (χ1) is 20.4. The molecule has 4 rings (SSSR count). The van der Waals surface area contributed by atoms with Crippen LogP contribution in [0.3, 0.4) is 0 Å². The second kappa shape index (κ2) is 20.0. The fourth-order valence-corrected chi connectivity index (χ4v) is 4.60. The zero-order valence-electron chi connectivity index (χ0n) is 26.4. The number of hydrogen-bond donors (Lipinski definition) is 3. The fourth-order valence-electron chi connectivity index (χ4n) is 4.60. The summed E-state index contributed by atoms with van der Waals surface area (Å²) in [4.78, 5) is 60.6. The van der Waals surface area contributed by atoms with E-state index in [2.05, 4.69) is 18.7 Å². The molecule has 9 N–H and O–H groups in total. The smallest absolute Gasteiger partial charge is 0.693 e. The molecule has 1 saturated carbocycles. The van der Waals surface area contributed by atoms with Crippen LogP contribution < -0.4 is 15.4 Å². The topological polar surface area (TPSA) is 264 Å². The van der Waals surface area contributed by atoms with Crippen LogP contribution >= 0.6 is 0 Å². The Bertz CT molecular complexity index is 1570. The fraction of sp³-hybridized carbons (Fsp3) is 0.344. The number of hydrogen-bond acceptors (Lipinski definition) is 8. The molecule has 0 atom stereocenters. The number of aliphatic carboxylic acids is 3. The van der Waals surface area contributed by atoms with Crippen LogP contribution in [0, 0.1) is 5.41 Å². The Hall–Kier alpha value is -4.36. The molecule has 0 spiro atoms. The van der Waals surface area contributed by atoms with E-state index in [1.54, 1.807) is 12.1 Å². The van der Waals surface area contributed by atoms with E-state index < -0.39 is 34.7 Å². The van der Waals surface area contributed by atoms with E-state index in [-0.39, 0.29) is 63.7 Å². The van der Waals surface area contributed by atoms with Crippen LogP contribution in [0.1, 0.15) is 55.5 Å². The van der Waals surface area contributed by atoms with E-state index in [9.17, 15) is 24.0 Å². The van der Waals surface area contributed by atoms with Crippen LogP contribution in [0.4, 0.5) is 11.4 Å². The Kier molecular flexibility index (Phi) is 19.0. The Morgan fingerprint density at radius 2 is 1.45 bits per heavy atom. The third-order valence-electron chi connectivity index (χ3n) is 7.56. The number of carbonyl (C=O) groups is 4. The van der Waals surface area contributed by atoms with E-state index in [1.165, 1.54) is 6.08 Å². The third-order valence-corrected chi connectivity index (χ3v) is 7.56. The van der Waals surface area contributed by atoms with Gasteiger partial charge >= 0.3 is 44.6 Å². The first kappa shape index (κ1) is 44.8. The second-order valence-corrected chi connectivity index (χ2v) is 10.2. The molecule has 1 fully saturated rings. The number of carboxylic acids is 3. The Balaban J connectivity index is 0. The van der Waals surface area contributed by atoms with Gasteiger partial charge in [-0.1, -0.05) is 18.2 Å². The zero-order valence-corrected chi connectivity index (χ0v) is 28.7. The summed E-state index contributed by atoms with van der Waals surface area (Å²) in [6.45, 7) is 6.20. The molecule has 0 unspecified atom stereocenters. The van der Waals surface area contributed by atoms with Crippen molar-refractivity contribution in [2.24, 2.45) is 5.41 Å². The second-order valence-electron chi connectivity index (χ2n) is 10.2. The van der Waals surface area contributed by atoms with Gasteiger partial charge in [-0.3, -0.25) is 19.2 Å². The molecule has 0 amide bonds. The number of rotatable bonds is 12. The molecule has 260 valence electrons. The van der Waals surface area contributed by atoms with E-state index in [0.29, 0.717) is 23.9 Å². The van der Waals surface area contributed by atoms with Gasteiger partial charge in [0, 0.05) is 49.5 Å². The van der Waals surface area contributed by atoms with Gasteiger partial charge in [-0.25, -0.2) is 4.79 Å². The molecule has 0 saturated heterocycles. The van der Waals surface area contributed by atoms with Crippen LogP contribution in [0.15, 0.2) is 63.8 Å². The molecule has 1 heterocycles. The van der Waals surface area contributed by atoms with E-state index in [0.717, 1.165) is 30.0 Å². The first-order valence-electron chi connectivity index (χ1n) is 14.0. The number of nitrogens with zero attached hydrogens (tertiary/aromatic N) is 2. The van der Waals surface area contributed by atoms with Crippen molar-refractivity contribution in [2.75, 3.05) is 36.5 Å². The van der Waals surface area contributed by atoms with Crippen LogP contribution in [0.25, 0.3) is 29.3 Å². The van der Waals surface area contributed by atoms with Gasteiger partial charge < -0.3 is 47.3 Å². The van der Waals surface area contributed by atoms with Crippen LogP contribution in [-0.4, -0.2) is 71.2 Å². The number of allylic oxidation sites excluding steroid dienone is 1. The Labute approximate surface area is 286 Å². The number of carbonyl (C=O) groups excluding carboxylic acids is 1. The van der Waals surface area contributed by atoms with Gasteiger partial charge in [0.15, 0.2) is 11.2 Å². The summed E-state index contributed by atoms with van der Waals surface area (Å²) >= 11 is 0. The van der Waals surface area contributed by atoms with Gasteiger partial charge in [0.2, 0.25) is 0 Å². The van der Waals surface area contributed by atoms with E-state index in [1.807, 2.05) is 54.4 Å². The van der Waals surface area contributed by atoms with Gasteiger partial charge in [0.25, 0.3) is 0 Å². The van der Waals surface area contributed by atoms with Crippen LogP contribution in [-0.2, 0) is 35.4 Å². The average Bonchev–Trinajstić information content (AvgIpc) is 2.94. The quantitative estimate of drug-likeness (QED) is 0.0902. The van der Waals surface area contributed by atoms with Gasteiger partial charge in [-0.05, 0) is 75.1 Å². The summed E-state index contributed by atoms with van der Waals surface area (Å²) in [6.07, 6.45) is 4.30. The van der Waals surface area contributed by atoms with Crippen molar-refractivity contribution in [3.8, 4) is 0 Å². The Morgan fingerprint density at radius 3 is 1.89 bits per heavy atom. The number of benzene rings is 2. The summed E-state index contributed by atoms with van der Waals surface area (Å²) < 4.78 is 5.44. The normalized spacial score (nSPS) is 12.3. The molecule has 1 aromatic heterocycles. The Morgan fingerprint density at radius 1 is 0.894 bits per heavy atom. The molecule has 3 aromatic rings. The molecule has 1 aliphatic carbocycles. The van der Waals surface area contributed by atoms with Crippen molar-refractivity contribution in [1.82, 2.24) is 0 Å². The molecule has 0 radical (unpaired) electrons. The molecule has 14 nitrogen and oxygen atoms in total. The summed E-state index contributed by atoms with van der Waals surface area (Å²) in [5.41, 5.74) is 0.953. The third kappa shape index (κ3) is 11.1. The average molecular weight is 838 g/mol. The number of ketones is 1. The summed E-state index contributed by atoms with van der Waals surface area (Å²) in [5, 5.41) is 26.4. The van der Waals surface area contributed by atoms with Crippen molar-refractivity contribution in [2.45, 2.75) is 39.5 Å². The minimum atomic E-state index is -1.44. The number of nitrogens with two attached hydrogens (primary N) is 2. The molecule has 0 bridgehead atoms. The SMILES string of the molecule is CCN(CC)c1ccc2cc(C(=O)/C=C/c3ccc(N(C)CCC(=O)O)cc3)c(=O)oc2c1.O.O=C(O)C1(C(=O)O)CCC1.[NH2-].[NH2-].[Pt+2]. The molecule has 0 aliphatic heterocycles. The van der Waals surface area contributed by atoms with Crippen molar-refractivity contribution in [3.05, 3.63) is 88.5 Å². The monoisotopic (exact) mass is 837 g/mol. The van der Waals surface area contributed by atoms with Gasteiger partial charge in [-0.15, -0.1) is 0 Å². The van der Waals surface area contributed by atoms with Crippen molar-refractivity contribution in [3.63, 3.8) is 0 Å². The predicted molar refractivity (Wildman–Crippen MR) is 177 cm³/mol. The minimum Gasteiger partial charge on any atom is -0.693 e. The molecule has 1 aliphatic rings. The minimum absolute atomic E-state index is 0. The largest absolute Gasteiger partial charge is 2.00 e. The van der Waals surface area contributed by atoms with Gasteiger partial charge in [0.05, 0.1) is 6.42 Å². The van der Waals surface area contributed by atoms with Crippen molar-refractivity contribution >= 4 is 52.1 Å². The molecule has 2 aromatic carbocycles. The maximum atomic E-state index is 12.7. The first-order valence-corrected chi connectivity index (χ1v) is 14.0. The van der Waals surface area contributed by atoms with Gasteiger partial charge in [-0.2, -0.15) is 0 Å². The van der Waals surface area contributed by atoms with Crippen molar-refractivity contribution in [1.29, 1.82) is 0 Å². The number of fused-ring (bicyclic) bond motifs is 1. The molecular weight excluding hydrogens is 795 g/mol. The predicted octanol–water partition coefficient (Wildman–Crippen LogP) is 5.38. The van der Waals surface area contributed by atoms with Gasteiger partial charge in [0.1, 0.15) is 11.1 Å². The number of carboxylic acid groups (broad SMARTS) is 3. The van der Waals surface area contributed by atoms with Crippen LogP contribution in [0.2, 0.25) is 0 Å². The standard InChI is InChI=1S/C26H28N2O5.C6H8O4.2H2N.H2O.Pt/c1-4-28(5-2)21-12-9-19-16-22(26(32)33-24(19)17-21)23(29)13-8-18-6-10-20(11-7-18)27(3)15-14-25(30)31;7-4(8)6(5(9)10)2-1-3-6;;;;/h6-13,16-17H,4-5,14-15H2,1-3H3,(H,30,31);1-3H2,(H,7,8)(H,9,10);3*1H2;/q;;2*-1;;+2/b13-8+;;;;;. The van der Waals surface area contributed by atoms with Crippen molar-refractivity contribution < 1.29 is 65.5 Å². The van der Waals surface area contributed by atoms with E-state index in [4.69, 9.17) is 19.7 Å². The van der Waals surface area contributed by atoms with Crippen LogP contribution in [0.5, 0.6) is 0 Å². The summed E-state index contributed by atoms with van der Waals surface area (Å²) in [6, 6.07) is 14.6. The molecule has 47 heavy (non-hydrogen) atoms. The molecule has 15 heteroatoms. The summed E-state index contributed by atoms with van der Waals surface area (Å²) in [5.74, 6) is -3.68. The number of anilines is 2. The molecular formula is C32H42N4O10Pt. The zero-order chi connectivity index (χ0) is 31.7. The van der Waals surface area contributed by atoms with E-state index >= 15 is 0 Å².